The molecule has 0 atom stereocenters. The minimum Gasteiger partial charge on any atom is -0.496 e. The number of ketones is 1. The van der Waals surface area contributed by atoms with Crippen molar-refractivity contribution in [2.24, 2.45) is 0 Å². The number of hydrogen-bond donors (Lipinski definition) is 0. The molecule has 3 aromatic rings. The Morgan fingerprint density at radius 3 is 2.29 bits per heavy atom. The van der Waals surface area contributed by atoms with E-state index in [2.05, 4.69) is 0 Å². The zero-order chi connectivity index (χ0) is 25.5. The molecule has 0 saturated carbocycles. The monoisotopic (exact) mass is 497 g/mol. The molecule has 0 aliphatic rings. The van der Waals surface area contributed by atoms with Gasteiger partial charge in [0.05, 0.1) is 45.1 Å². The summed E-state index contributed by atoms with van der Waals surface area (Å²) in [5.74, 6) is 0.974. The molecule has 1 heterocycles. The molecule has 0 fully saturated rings. The largest absolute Gasteiger partial charge is 0.496 e. The number of carbonyl (C=O) groups is 2. The number of carbonyl (C=O) groups excluding carboxylic acids is 2. The van der Waals surface area contributed by atoms with Crippen LogP contribution in [0.15, 0.2) is 41.2 Å². The van der Waals surface area contributed by atoms with Crippen molar-refractivity contribution in [3.05, 3.63) is 72.6 Å². The maximum absolute atomic E-state index is 13.4. The Bertz CT molecular complexity index is 1420. The van der Waals surface area contributed by atoms with Crippen LogP contribution in [0.4, 0.5) is 0 Å². The second-order valence-electron chi connectivity index (χ2n) is 7.43. The average Bonchev–Trinajstić information content (AvgIpc) is 3.12. The molecule has 8 nitrogen and oxygen atoms in total. The van der Waals surface area contributed by atoms with Crippen molar-refractivity contribution in [1.82, 2.24) is 4.57 Å². The van der Waals surface area contributed by atoms with Crippen LogP contribution < -0.4 is 29.0 Å². The van der Waals surface area contributed by atoms with Gasteiger partial charge in [-0.15, -0.1) is 11.3 Å². The third-order valence-corrected chi connectivity index (χ3v) is 6.24. The zero-order valence-electron chi connectivity index (χ0n) is 20.2. The van der Waals surface area contributed by atoms with E-state index in [0.29, 0.717) is 37.6 Å². The highest BCUT2D eigenvalue weighted by Gasteiger charge is 2.13. The van der Waals surface area contributed by atoms with Gasteiger partial charge in [0.2, 0.25) is 0 Å². The summed E-state index contributed by atoms with van der Waals surface area (Å²) in [6, 6.07) is 10.4. The summed E-state index contributed by atoms with van der Waals surface area (Å²) in [7, 11) is 4.60. The first-order valence-electron chi connectivity index (χ1n) is 10.8. The number of hydrogen-bond acceptors (Lipinski definition) is 8. The predicted molar refractivity (Wildman–Crippen MR) is 134 cm³/mol. The van der Waals surface area contributed by atoms with Crippen LogP contribution in [0, 0.1) is 0 Å². The number of aromatic nitrogens is 1. The molecule has 0 spiro atoms. The fourth-order valence-electron chi connectivity index (χ4n) is 3.46. The molecular formula is C26H27NO7S. The van der Waals surface area contributed by atoms with Crippen molar-refractivity contribution < 1.29 is 28.5 Å². The van der Waals surface area contributed by atoms with Crippen molar-refractivity contribution in [3.63, 3.8) is 0 Å². The Balaban J connectivity index is 2.20. The van der Waals surface area contributed by atoms with Gasteiger partial charge in [0.1, 0.15) is 10.4 Å². The van der Waals surface area contributed by atoms with E-state index in [1.807, 2.05) is 0 Å². The highest BCUT2D eigenvalue weighted by molar-refractivity contribution is 7.07. The Labute approximate surface area is 206 Å². The Morgan fingerprint density at radius 1 is 0.971 bits per heavy atom. The van der Waals surface area contributed by atoms with E-state index >= 15 is 0 Å². The van der Waals surface area contributed by atoms with Gasteiger partial charge in [-0.2, -0.15) is 0 Å². The summed E-state index contributed by atoms with van der Waals surface area (Å²) in [6.07, 6.45) is 3.01. The van der Waals surface area contributed by atoms with E-state index in [9.17, 15) is 14.4 Å². The quantitative estimate of drug-likeness (QED) is 0.331. The van der Waals surface area contributed by atoms with Gasteiger partial charge in [0.25, 0.3) is 5.56 Å². The number of esters is 1. The van der Waals surface area contributed by atoms with E-state index < -0.39 is 5.97 Å². The van der Waals surface area contributed by atoms with Gasteiger partial charge in [-0.25, -0.2) is 4.79 Å². The predicted octanol–water partition coefficient (Wildman–Crippen LogP) is 2.36. The summed E-state index contributed by atoms with van der Waals surface area (Å²) in [4.78, 5) is 37.6. The second kappa shape index (κ2) is 11.5. The summed E-state index contributed by atoms with van der Waals surface area (Å²) in [5, 5.41) is 0. The number of thiazole rings is 1. The molecule has 0 aliphatic heterocycles. The molecular weight excluding hydrogens is 470 g/mol. The molecule has 0 unspecified atom stereocenters. The molecule has 0 saturated heterocycles. The Morgan fingerprint density at radius 2 is 1.66 bits per heavy atom. The summed E-state index contributed by atoms with van der Waals surface area (Å²) >= 11 is 1.16. The van der Waals surface area contributed by atoms with E-state index in [0.717, 1.165) is 16.9 Å². The fraction of sp³-hybridized carbons (Fsp3) is 0.269. The second-order valence-corrected chi connectivity index (χ2v) is 8.50. The van der Waals surface area contributed by atoms with Gasteiger partial charge >= 0.3 is 5.97 Å². The molecule has 9 heteroatoms. The van der Waals surface area contributed by atoms with Crippen molar-refractivity contribution in [1.29, 1.82) is 0 Å². The van der Waals surface area contributed by atoms with E-state index in [4.69, 9.17) is 18.9 Å². The van der Waals surface area contributed by atoms with Crippen LogP contribution in [-0.4, -0.2) is 44.3 Å². The van der Waals surface area contributed by atoms with E-state index in [-0.39, 0.29) is 24.5 Å². The third-order valence-electron chi connectivity index (χ3n) is 5.19. The number of nitrogens with zero attached hydrogens (tertiary/aromatic N) is 1. The number of rotatable bonds is 9. The molecule has 184 valence electrons. The molecule has 0 bridgehead atoms. The average molecular weight is 498 g/mol. The highest BCUT2D eigenvalue weighted by atomic mass is 32.1. The molecule has 35 heavy (non-hydrogen) atoms. The minimum absolute atomic E-state index is 0.102. The van der Waals surface area contributed by atoms with Crippen molar-refractivity contribution >= 4 is 35.2 Å². The molecule has 0 aliphatic carbocycles. The van der Waals surface area contributed by atoms with Gasteiger partial charge in [-0.3, -0.25) is 14.2 Å². The SMILES string of the molecule is CCOC(=O)/C=c1/s/c(=C\c2ccc(OC)c(OC)c2)c(=O)n1Cc1cc(C(C)=O)ccc1OC. The van der Waals surface area contributed by atoms with Gasteiger partial charge < -0.3 is 18.9 Å². The first-order chi connectivity index (χ1) is 16.8. The molecule has 0 N–H and O–H groups in total. The smallest absolute Gasteiger partial charge is 0.333 e. The van der Waals surface area contributed by atoms with Crippen LogP contribution in [0.1, 0.15) is 35.3 Å². The number of ether oxygens (including phenoxy) is 4. The summed E-state index contributed by atoms with van der Waals surface area (Å²) < 4.78 is 23.4. The van der Waals surface area contributed by atoms with E-state index in [1.165, 1.54) is 31.8 Å². The van der Waals surface area contributed by atoms with Crippen LogP contribution in [0.2, 0.25) is 0 Å². The van der Waals surface area contributed by atoms with Crippen LogP contribution in [-0.2, 0) is 16.1 Å². The lowest BCUT2D eigenvalue weighted by Crippen LogP contribution is -2.32. The zero-order valence-corrected chi connectivity index (χ0v) is 21.1. The first kappa shape index (κ1) is 25.8. The lowest BCUT2D eigenvalue weighted by Gasteiger charge is -2.10. The number of benzene rings is 2. The van der Waals surface area contributed by atoms with Crippen molar-refractivity contribution in [2.75, 3.05) is 27.9 Å². The van der Waals surface area contributed by atoms with Gasteiger partial charge in [-0.05, 0) is 55.8 Å². The van der Waals surface area contributed by atoms with Crippen molar-refractivity contribution in [2.45, 2.75) is 20.4 Å². The van der Waals surface area contributed by atoms with Gasteiger partial charge in [0, 0.05) is 11.1 Å². The lowest BCUT2D eigenvalue weighted by molar-refractivity contribution is -0.135. The van der Waals surface area contributed by atoms with Crippen LogP contribution >= 0.6 is 11.3 Å². The molecule has 0 amide bonds. The third kappa shape index (κ3) is 5.99. The maximum Gasteiger partial charge on any atom is 0.333 e. The fourth-order valence-corrected chi connectivity index (χ4v) is 4.49. The highest BCUT2D eigenvalue weighted by Crippen LogP contribution is 2.27. The number of Topliss-reactive ketones (excluding diaryl/α,β-unsaturated/α-hetero) is 1. The topological polar surface area (TPSA) is 93.1 Å². The molecule has 0 radical (unpaired) electrons. The number of methoxy groups -OCH3 is 3. The molecule has 3 rings (SSSR count). The standard InChI is InChI=1S/C26H27NO7S/c1-6-34-25(29)14-24-27(15-19-13-18(16(2)28)8-10-20(19)31-3)26(30)23(35-24)12-17-7-9-21(32-4)22(11-17)33-5/h7-14H,6,15H2,1-5H3/b23-12-,24-14+. The maximum atomic E-state index is 13.4. The first-order valence-corrected chi connectivity index (χ1v) is 11.6. The Kier molecular flexibility index (Phi) is 8.48. The normalized spacial score (nSPS) is 11.9. The van der Waals surface area contributed by atoms with Crippen LogP contribution in [0.5, 0.6) is 17.2 Å². The summed E-state index contributed by atoms with van der Waals surface area (Å²) in [5.41, 5.74) is 1.57. The van der Waals surface area contributed by atoms with Gasteiger partial charge in [0.15, 0.2) is 17.3 Å². The van der Waals surface area contributed by atoms with Gasteiger partial charge in [-0.1, -0.05) is 6.07 Å². The minimum atomic E-state index is -0.551. The summed E-state index contributed by atoms with van der Waals surface area (Å²) in [6.45, 7) is 3.49. The van der Waals surface area contributed by atoms with E-state index in [1.54, 1.807) is 56.5 Å². The van der Waals surface area contributed by atoms with Crippen molar-refractivity contribution in [3.8, 4) is 17.2 Å². The van der Waals surface area contributed by atoms with Crippen LogP contribution in [0.3, 0.4) is 0 Å². The molecule has 1 aromatic heterocycles. The lowest BCUT2D eigenvalue weighted by atomic mass is 10.1. The molecule has 2 aromatic carbocycles. The Hall–Kier alpha value is -3.85. The van der Waals surface area contributed by atoms with Crippen LogP contribution in [0.25, 0.3) is 12.2 Å².